The van der Waals surface area contributed by atoms with Crippen molar-refractivity contribution in [3.05, 3.63) is 40.0 Å². The molecule has 1 saturated heterocycles. The minimum atomic E-state index is -0.324. The van der Waals surface area contributed by atoms with Crippen LogP contribution in [0.4, 0.5) is 4.79 Å². The Morgan fingerprint density at radius 1 is 1.11 bits per heavy atom. The molecule has 1 aromatic heterocycles. The standard InChI is InChI=1S/C19H21Cl2N3O3/c1-12(2)11-27-19(26)24-7-5-23(6-8-24)18(25)13-3-4-14-15(20)10-17(21)22-16(14)9-13/h3-4,9-10,12H,5-8,11H2,1-2H3. The highest BCUT2D eigenvalue weighted by atomic mass is 35.5. The quantitative estimate of drug-likeness (QED) is 0.715. The molecule has 2 amide bonds. The third-order valence-electron chi connectivity index (χ3n) is 4.34. The lowest BCUT2D eigenvalue weighted by Crippen LogP contribution is -2.50. The molecule has 1 aliphatic heterocycles. The van der Waals surface area contributed by atoms with Crippen LogP contribution in [0.25, 0.3) is 10.9 Å². The van der Waals surface area contributed by atoms with E-state index in [0.29, 0.717) is 54.8 Å². The molecule has 0 saturated carbocycles. The fourth-order valence-corrected chi connectivity index (χ4v) is 3.41. The molecule has 3 rings (SSSR count). The number of nitrogens with zero attached hydrogens (tertiary/aromatic N) is 3. The van der Waals surface area contributed by atoms with Crippen LogP contribution in [-0.2, 0) is 4.74 Å². The molecule has 0 N–H and O–H groups in total. The van der Waals surface area contributed by atoms with Gasteiger partial charge in [-0.15, -0.1) is 0 Å². The van der Waals surface area contributed by atoms with E-state index in [1.807, 2.05) is 13.8 Å². The third-order valence-corrected chi connectivity index (χ3v) is 4.85. The van der Waals surface area contributed by atoms with E-state index >= 15 is 0 Å². The van der Waals surface area contributed by atoms with Crippen LogP contribution in [0.15, 0.2) is 24.3 Å². The number of ether oxygens (including phenoxy) is 1. The van der Waals surface area contributed by atoms with Crippen molar-refractivity contribution in [1.82, 2.24) is 14.8 Å². The second kappa shape index (κ2) is 8.31. The number of halogens is 2. The van der Waals surface area contributed by atoms with Gasteiger partial charge in [-0.05, 0) is 24.1 Å². The van der Waals surface area contributed by atoms with Crippen molar-refractivity contribution >= 4 is 46.1 Å². The maximum atomic E-state index is 12.8. The molecule has 8 heteroatoms. The van der Waals surface area contributed by atoms with Crippen LogP contribution in [0, 0.1) is 5.92 Å². The van der Waals surface area contributed by atoms with E-state index in [9.17, 15) is 9.59 Å². The normalized spacial score (nSPS) is 14.7. The van der Waals surface area contributed by atoms with Gasteiger partial charge in [-0.3, -0.25) is 4.79 Å². The first-order valence-corrected chi connectivity index (χ1v) is 9.57. The van der Waals surface area contributed by atoms with Crippen molar-refractivity contribution in [2.75, 3.05) is 32.8 Å². The van der Waals surface area contributed by atoms with Crippen LogP contribution in [0.1, 0.15) is 24.2 Å². The summed E-state index contributed by atoms with van der Waals surface area (Å²) in [5.74, 6) is 0.185. The summed E-state index contributed by atoms with van der Waals surface area (Å²) in [5, 5.41) is 1.53. The summed E-state index contributed by atoms with van der Waals surface area (Å²) in [7, 11) is 0. The van der Waals surface area contributed by atoms with Gasteiger partial charge < -0.3 is 14.5 Å². The number of amides is 2. The monoisotopic (exact) mass is 409 g/mol. The van der Waals surface area contributed by atoms with Crippen LogP contribution < -0.4 is 0 Å². The van der Waals surface area contributed by atoms with Crippen molar-refractivity contribution < 1.29 is 14.3 Å². The second-order valence-electron chi connectivity index (χ2n) is 6.91. The van der Waals surface area contributed by atoms with Gasteiger partial charge in [0.25, 0.3) is 5.91 Å². The molecule has 1 aliphatic rings. The molecule has 27 heavy (non-hydrogen) atoms. The van der Waals surface area contributed by atoms with Crippen LogP contribution >= 0.6 is 23.2 Å². The van der Waals surface area contributed by atoms with Crippen LogP contribution in [0.5, 0.6) is 0 Å². The molecule has 0 radical (unpaired) electrons. The largest absolute Gasteiger partial charge is 0.449 e. The minimum Gasteiger partial charge on any atom is -0.449 e. The number of aromatic nitrogens is 1. The highest BCUT2D eigenvalue weighted by molar-refractivity contribution is 6.37. The van der Waals surface area contributed by atoms with Gasteiger partial charge in [0.15, 0.2) is 0 Å². The summed E-state index contributed by atoms with van der Waals surface area (Å²) in [6.07, 6.45) is -0.324. The second-order valence-corrected chi connectivity index (χ2v) is 7.70. The number of hydrogen-bond acceptors (Lipinski definition) is 4. The summed E-state index contributed by atoms with van der Waals surface area (Å²) in [5.41, 5.74) is 1.10. The van der Waals surface area contributed by atoms with Crippen molar-refractivity contribution in [3.8, 4) is 0 Å². The number of rotatable bonds is 3. The lowest BCUT2D eigenvalue weighted by molar-refractivity contribution is 0.0535. The highest BCUT2D eigenvalue weighted by Gasteiger charge is 2.26. The van der Waals surface area contributed by atoms with Gasteiger partial charge in [0.05, 0.1) is 17.1 Å². The number of pyridine rings is 1. The summed E-state index contributed by atoms with van der Waals surface area (Å²) >= 11 is 12.1. The fraction of sp³-hybridized carbons (Fsp3) is 0.421. The molecule has 1 fully saturated rings. The predicted octanol–water partition coefficient (Wildman–Crippen LogP) is 4.09. The first-order chi connectivity index (χ1) is 12.8. The highest BCUT2D eigenvalue weighted by Crippen LogP contribution is 2.26. The van der Waals surface area contributed by atoms with Gasteiger partial charge in [0, 0.05) is 37.1 Å². The Balaban J connectivity index is 1.65. The zero-order valence-electron chi connectivity index (χ0n) is 15.2. The van der Waals surface area contributed by atoms with Gasteiger partial charge >= 0.3 is 6.09 Å². The average molecular weight is 410 g/mol. The average Bonchev–Trinajstić information content (AvgIpc) is 2.65. The van der Waals surface area contributed by atoms with Crippen LogP contribution in [0.2, 0.25) is 10.2 Å². The van der Waals surface area contributed by atoms with Crippen LogP contribution in [-0.4, -0.2) is 59.6 Å². The molecule has 1 aromatic carbocycles. The molecule has 0 spiro atoms. The number of carbonyl (C=O) groups is 2. The Morgan fingerprint density at radius 3 is 2.44 bits per heavy atom. The first-order valence-electron chi connectivity index (χ1n) is 8.82. The molecule has 0 atom stereocenters. The molecule has 0 aliphatic carbocycles. The summed E-state index contributed by atoms with van der Waals surface area (Å²) < 4.78 is 5.24. The van der Waals surface area contributed by atoms with Gasteiger partial charge in [-0.2, -0.15) is 0 Å². The third kappa shape index (κ3) is 4.62. The Morgan fingerprint density at radius 2 is 1.78 bits per heavy atom. The van der Waals surface area contributed by atoms with E-state index in [1.54, 1.807) is 34.1 Å². The molecule has 2 aromatic rings. The molecule has 144 valence electrons. The summed E-state index contributed by atoms with van der Waals surface area (Å²) in [4.78, 5) is 32.4. The predicted molar refractivity (Wildman–Crippen MR) is 105 cm³/mol. The smallest absolute Gasteiger partial charge is 0.409 e. The summed E-state index contributed by atoms with van der Waals surface area (Å²) in [6, 6.07) is 6.77. The van der Waals surface area contributed by atoms with Gasteiger partial charge in [0.1, 0.15) is 5.15 Å². The van der Waals surface area contributed by atoms with Crippen molar-refractivity contribution in [1.29, 1.82) is 0 Å². The van der Waals surface area contributed by atoms with E-state index in [2.05, 4.69) is 4.98 Å². The summed E-state index contributed by atoms with van der Waals surface area (Å²) in [6.45, 7) is 6.19. The van der Waals surface area contributed by atoms with Gasteiger partial charge in [-0.1, -0.05) is 43.1 Å². The Labute approximate surface area is 168 Å². The fourth-order valence-electron chi connectivity index (χ4n) is 2.89. The van der Waals surface area contributed by atoms with Crippen molar-refractivity contribution in [2.45, 2.75) is 13.8 Å². The molecule has 0 bridgehead atoms. The number of hydrogen-bond donors (Lipinski definition) is 0. The zero-order chi connectivity index (χ0) is 19.6. The maximum absolute atomic E-state index is 12.8. The lowest BCUT2D eigenvalue weighted by atomic mass is 10.1. The van der Waals surface area contributed by atoms with Gasteiger partial charge in [0.2, 0.25) is 0 Å². The Hall–Kier alpha value is -2.05. The molecular formula is C19H21Cl2N3O3. The molecule has 2 heterocycles. The topological polar surface area (TPSA) is 62.7 Å². The van der Waals surface area contributed by atoms with E-state index < -0.39 is 0 Å². The van der Waals surface area contributed by atoms with Crippen molar-refractivity contribution in [2.24, 2.45) is 5.92 Å². The molecule has 6 nitrogen and oxygen atoms in total. The Bertz CT molecular complexity index is 865. The first kappa shape index (κ1) is 19.7. The number of fused-ring (bicyclic) bond motifs is 1. The van der Waals surface area contributed by atoms with E-state index in [0.717, 1.165) is 5.39 Å². The molecular weight excluding hydrogens is 389 g/mol. The van der Waals surface area contributed by atoms with Gasteiger partial charge in [-0.25, -0.2) is 9.78 Å². The van der Waals surface area contributed by atoms with Crippen molar-refractivity contribution in [3.63, 3.8) is 0 Å². The Kier molecular flexibility index (Phi) is 6.07. The van der Waals surface area contributed by atoms with E-state index in [-0.39, 0.29) is 17.2 Å². The SMILES string of the molecule is CC(C)COC(=O)N1CCN(C(=O)c2ccc3c(Cl)cc(Cl)nc3c2)CC1. The van der Waals surface area contributed by atoms with Crippen LogP contribution in [0.3, 0.4) is 0 Å². The number of carbonyl (C=O) groups excluding carboxylic acids is 2. The van der Waals surface area contributed by atoms with E-state index in [1.165, 1.54) is 0 Å². The number of benzene rings is 1. The minimum absolute atomic E-state index is 0.106. The number of piperazine rings is 1. The lowest BCUT2D eigenvalue weighted by Gasteiger charge is -2.34. The molecule has 0 unspecified atom stereocenters. The zero-order valence-corrected chi connectivity index (χ0v) is 16.8. The maximum Gasteiger partial charge on any atom is 0.409 e. The van der Waals surface area contributed by atoms with E-state index in [4.69, 9.17) is 27.9 Å².